The lowest BCUT2D eigenvalue weighted by atomic mass is 10.2. The molecule has 2 aliphatic heterocycles. The minimum Gasteiger partial charge on any atom is -0.375 e. The number of hydrogen-bond donors (Lipinski definition) is 0. The van der Waals surface area contributed by atoms with Gasteiger partial charge in [-0.2, -0.15) is 4.99 Å². The largest absolute Gasteiger partial charge is 0.375 e. The monoisotopic (exact) mass is 436 g/mol. The predicted octanol–water partition coefficient (Wildman–Crippen LogP) is 1.84. The second-order valence-corrected chi connectivity index (χ2v) is 9.76. The van der Waals surface area contributed by atoms with Gasteiger partial charge in [0.25, 0.3) is 5.91 Å². The van der Waals surface area contributed by atoms with Crippen molar-refractivity contribution in [1.82, 2.24) is 0 Å². The van der Waals surface area contributed by atoms with Gasteiger partial charge in [0.15, 0.2) is 15.0 Å². The summed E-state index contributed by atoms with van der Waals surface area (Å²) in [7, 11) is -1.81. The SMILES string of the molecule is COCC(=O)N=C1S[C@@H]2CS(=O)(=O)C[C@@H]2N1c1ccc(Br)cc1F. The highest BCUT2D eigenvalue weighted by Gasteiger charge is 2.49. The van der Waals surface area contributed by atoms with Crippen molar-refractivity contribution >= 4 is 54.3 Å². The first kappa shape index (κ1) is 17.8. The number of carbonyl (C=O) groups is 1. The van der Waals surface area contributed by atoms with Gasteiger partial charge in [0.05, 0.1) is 23.2 Å². The van der Waals surface area contributed by atoms with E-state index in [-0.39, 0.29) is 29.0 Å². The van der Waals surface area contributed by atoms with Crippen molar-refractivity contribution in [3.63, 3.8) is 0 Å². The van der Waals surface area contributed by atoms with E-state index >= 15 is 0 Å². The van der Waals surface area contributed by atoms with Gasteiger partial charge in [0.1, 0.15) is 12.4 Å². The van der Waals surface area contributed by atoms with E-state index in [0.29, 0.717) is 9.64 Å². The molecule has 0 spiro atoms. The van der Waals surface area contributed by atoms with Crippen molar-refractivity contribution in [2.24, 2.45) is 4.99 Å². The molecule has 0 N–H and O–H groups in total. The lowest BCUT2D eigenvalue weighted by molar-refractivity contribution is -0.121. The molecule has 2 aliphatic rings. The van der Waals surface area contributed by atoms with E-state index in [9.17, 15) is 17.6 Å². The van der Waals surface area contributed by atoms with Gasteiger partial charge in [-0.05, 0) is 18.2 Å². The van der Waals surface area contributed by atoms with Crippen LogP contribution in [0.1, 0.15) is 0 Å². The molecular formula is C14H14BrFN2O4S2. The smallest absolute Gasteiger partial charge is 0.274 e. The number of fused-ring (bicyclic) bond motifs is 1. The maximum absolute atomic E-state index is 14.4. The minimum absolute atomic E-state index is 0.00549. The summed E-state index contributed by atoms with van der Waals surface area (Å²) < 4.78 is 43.6. The average Bonchev–Trinajstić information content (AvgIpc) is 2.91. The summed E-state index contributed by atoms with van der Waals surface area (Å²) in [6.07, 6.45) is 0. The highest BCUT2D eigenvalue weighted by molar-refractivity contribution is 9.10. The molecule has 2 atom stereocenters. The van der Waals surface area contributed by atoms with Gasteiger partial charge < -0.3 is 9.64 Å². The zero-order valence-corrected chi connectivity index (χ0v) is 15.8. The molecule has 10 heteroatoms. The Bertz CT molecular complexity index is 815. The molecule has 1 amide bonds. The standard InChI is InChI=1S/C14H14BrFN2O4S2/c1-22-5-13(19)17-14-18(10-3-2-8(15)4-9(10)16)11-6-24(20,21)7-12(11)23-14/h2-4,11-12H,5-7H2,1H3/t11-,12+/m0/s1. The van der Waals surface area contributed by atoms with Crippen LogP contribution in [0.2, 0.25) is 0 Å². The van der Waals surface area contributed by atoms with Crippen LogP contribution in [0.3, 0.4) is 0 Å². The topological polar surface area (TPSA) is 76.0 Å². The summed E-state index contributed by atoms with van der Waals surface area (Å²) in [6, 6.07) is 4.06. The molecule has 0 saturated carbocycles. The zero-order chi connectivity index (χ0) is 17.5. The molecule has 1 aromatic carbocycles. The third kappa shape index (κ3) is 3.51. The molecule has 0 unspecified atom stereocenters. The summed E-state index contributed by atoms with van der Waals surface area (Å²) in [5, 5.41) is 0.0373. The molecule has 3 rings (SSSR count). The number of amidine groups is 1. The molecular weight excluding hydrogens is 423 g/mol. The first-order chi connectivity index (χ1) is 11.3. The highest BCUT2D eigenvalue weighted by Crippen LogP contribution is 2.42. The van der Waals surface area contributed by atoms with Crippen LogP contribution >= 0.6 is 27.7 Å². The van der Waals surface area contributed by atoms with Crippen molar-refractivity contribution in [2.45, 2.75) is 11.3 Å². The van der Waals surface area contributed by atoms with Crippen LogP contribution in [-0.2, 0) is 19.4 Å². The van der Waals surface area contributed by atoms with E-state index in [4.69, 9.17) is 4.74 Å². The molecule has 0 radical (unpaired) electrons. The van der Waals surface area contributed by atoms with E-state index in [1.54, 1.807) is 12.1 Å². The molecule has 0 bridgehead atoms. The molecule has 2 fully saturated rings. The van der Waals surface area contributed by atoms with Crippen LogP contribution in [0, 0.1) is 5.82 Å². The molecule has 6 nitrogen and oxygen atoms in total. The quantitative estimate of drug-likeness (QED) is 0.719. The van der Waals surface area contributed by atoms with Crippen molar-refractivity contribution in [1.29, 1.82) is 0 Å². The van der Waals surface area contributed by atoms with Crippen LogP contribution in [-0.4, -0.2) is 56.0 Å². The fraction of sp³-hybridized carbons (Fsp3) is 0.429. The number of methoxy groups -OCH3 is 1. The number of aliphatic imine (C=N–C) groups is 1. The fourth-order valence-electron chi connectivity index (χ4n) is 2.79. The Morgan fingerprint density at radius 2 is 2.25 bits per heavy atom. The second-order valence-electron chi connectivity index (χ2n) is 5.49. The normalized spacial score (nSPS) is 26.8. The van der Waals surface area contributed by atoms with E-state index in [1.807, 2.05) is 0 Å². The predicted molar refractivity (Wildman–Crippen MR) is 94.7 cm³/mol. The van der Waals surface area contributed by atoms with E-state index in [2.05, 4.69) is 20.9 Å². The third-order valence-corrected chi connectivity index (χ3v) is 7.43. The summed E-state index contributed by atoms with van der Waals surface area (Å²) in [6.45, 7) is -0.186. The molecule has 2 saturated heterocycles. The van der Waals surface area contributed by atoms with Gasteiger partial charge in [-0.25, -0.2) is 12.8 Å². The maximum Gasteiger partial charge on any atom is 0.274 e. The second kappa shape index (κ2) is 6.74. The lowest BCUT2D eigenvalue weighted by Crippen LogP contribution is -2.38. The number of carbonyl (C=O) groups excluding carboxylic acids is 1. The average molecular weight is 437 g/mol. The molecule has 0 aliphatic carbocycles. The van der Waals surface area contributed by atoms with Crippen LogP contribution in [0.15, 0.2) is 27.7 Å². The van der Waals surface area contributed by atoms with Crippen LogP contribution in [0.4, 0.5) is 10.1 Å². The summed E-state index contributed by atoms with van der Waals surface area (Å²) in [4.78, 5) is 17.3. The highest BCUT2D eigenvalue weighted by atomic mass is 79.9. The number of halogens is 2. The molecule has 24 heavy (non-hydrogen) atoms. The lowest BCUT2D eigenvalue weighted by Gasteiger charge is -2.25. The van der Waals surface area contributed by atoms with Gasteiger partial charge in [-0.1, -0.05) is 27.7 Å². The first-order valence-corrected chi connectivity index (χ1v) is 10.5. The number of rotatable bonds is 3. The number of hydrogen-bond acceptors (Lipinski definition) is 5. The number of benzene rings is 1. The Morgan fingerprint density at radius 3 is 2.92 bits per heavy atom. The zero-order valence-electron chi connectivity index (χ0n) is 12.6. The Kier molecular flexibility index (Phi) is 5.01. The summed E-state index contributed by atoms with van der Waals surface area (Å²) in [5.74, 6) is -1.10. The van der Waals surface area contributed by atoms with Gasteiger partial charge in [-0.15, -0.1) is 0 Å². The number of thioether (sulfide) groups is 1. The maximum atomic E-state index is 14.4. The fourth-order valence-corrected chi connectivity index (χ4v) is 7.04. The van der Waals surface area contributed by atoms with Crippen molar-refractivity contribution < 1.29 is 22.3 Å². The number of amides is 1. The van der Waals surface area contributed by atoms with E-state index in [0.717, 1.165) is 0 Å². The van der Waals surface area contributed by atoms with Gasteiger partial charge in [-0.3, -0.25) is 4.79 Å². The molecule has 0 aromatic heterocycles. The number of nitrogens with zero attached hydrogens (tertiary/aromatic N) is 2. The van der Waals surface area contributed by atoms with Gasteiger partial charge in [0, 0.05) is 16.8 Å². The molecule has 2 heterocycles. The van der Waals surface area contributed by atoms with E-state index in [1.165, 1.54) is 29.8 Å². The molecule has 130 valence electrons. The van der Waals surface area contributed by atoms with Gasteiger partial charge >= 0.3 is 0 Å². The van der Waals surface area contributed by atoms with Crippen molar-refractivity contribution in [2.75, 3.05) is 30.1 Å². The van der Waals surface area contributed by atoms with E-state index < -0.39 is 27.6 Å². The number of ether oxygens (including phenoxy) is 1. The molecule has 1 aromatic rings. The van der Waals surface area contributed by atoms with Crippen LogP contribution in [0.5, 0.6) is 0 Å². The number of sulfone groups is 1. The van der Waals surface area contributed by atoms with Gasteiger partial charge in [0.2, 0.25) is 0 Å². The first-order valence-electron chi connectivity index (χ1n) is 7.02. The minimum atomic E-state index is -3.19. The summed E-state index contributed by atoms with van der Waals surface area (Å²) in [5.41, 5.74) is 0.208. The Morgan fingerprint density at radius 1 is 1.50 bits per heavy atom. The Balaban J connectivity index is 2.03. The summed E-state index contributed by atoms with van der Waals surface area (Å²) >= 11 is 4.39. The van der Waals surface area contributed by atoms with Crippen LogP contribution < -0.4 is 4.90 Å². The Labute approximate surface area is 151 Å². The number of anilines is 1. The van der Waals surface area contributed by atoms with Crippen molar-refractivity contribution in [3.05, 3.63) is 28.5 Å². The van der Waals surface area contributed by atoms with Crippen LogP contribution in [0.25, 0.3) is 0 Å². The Hall–Kier alpha value is -0.970. The van der Waals surface area contributed by atoms with Crippen molar-refractivity contribution in [3.8, 4) is 0 Å². The third-order valence-electron chi connectivity index (χ3n) is 3.72.